The first-order valence-corrected chi connectivity index (χ1v) is 9.87. The molecule has 0 atom stereocenters. The minimum atomic E-state index is -1.26. The van der Waals surface area contributed by atoms with Crippen molar-refractivity contribution >= 4 is 39.2 Å². The predicted molar refractivity (Wildman–Crippen MR) is 114 cm³/mol. The number of rotatable bonds is 2. The van der Waals surface area contributed by atoms with Crippen LogP contribution in [-0.2, 0) is 19.1 Å². The lowest BCUT2D eigenvalue weighted by atomic mass is 10.2. The molecule has 2 aromatic carbocycles. The van der Waals surface area contributed by atoms with E-state index in [0.29, 0.717) is 34.9 Å². The topological polar surface area (TPSA) is 109 Å². The Balaban J connectivity index is 0.000000310. The molecule has 2 aromatic rings. The Morgan fingerprint density at radius 3 is 2.10 bits per heavy atom. The molecule has 9 heteroatoms. The molecule has 0 aromatic heterocycles. The Bertz CT molecular complexity index is 953. The van der Waals surface area contributed by atoms with E-state index in [2.05, 4.69) is 21.2 Å². The van der Waals surface area contributed by atoms with Crippen LogP contribution in [0.3, 0.4) is 0 Å². The van der Waals surface area contributed by atoms with Crippen LogP contribution in [0.5, 0.6) is 11.5 Å². The quantitative estimate of drug-likeness (QED) is 0.292. The Labute approximate surface area is 182 Å². The molecule has 2 aliphatic rings. The van der Waals surface area contributed by atoms with Crippen molar-refractivity contribution in [2.45, 2.75) is 19.6 Å². The van der Waals surface area contributed by atoms with Gasteiger partial charge in [-0.25, -0.2) is 9.59 Å². The summed E-state index contributed by atoms with van der Waals surface area (Å²) < 4.78 is 21.7. The summed E-state index contributed by atoms with van der Waals surface area (Å²) in [6, 6.07) is 12.9. The second-order valence-corrected chi connectivity index (χ2v) is 7.62. The fourth-order valence-corrected chi connectivity index (χ4v) is 2.99. The SMILES string of the molecule is CC1(C)OC(=O)C(=CNc2cc3c(cc2Br)OCCO3)C(=O)O1.Nc1ccccc1. The number of ether oxygens (including phenoxy) is 4. The standard InChI is InChI=1S/C15H14BrNO6.C6H7N/c1-15(2)22-13(18)8(14(19)23-15)7-17-10-6-12-11(5-9(10)16)20-3-4-21-12;7-6-4-2-1-3-5-6/h5-7,17H,3-4H2,1-2H3;1-5H,7H2. The molecule has 0 saturated carbocycles. The summed E-state index contributed by atoms with van der Waals surface area (Å²) in [7, 11) is 0. The molecule has 0 radical (unpaired) electrons. The predicted octanol–water partition coefficient (Wildman–Crippen LogP) is 3.62. The normalized spacial score (nSPS) is 16.4. The van der Waals surface area contributed by atoms with E-state index < -0.39 is 17.7 Å². The maximum Gasteiger partial charge on any atom is 0.350 e. The number of esters is 2. The molecule has 158 valence electrons. The van der Waals surface area contributed by atoms with E-state index in [1.165, 1.54) is 20.0 Å². The number of benzene rings is 2. The molecule has 0 amide bonds. The van der Waals surface area contributed by atoms with E-state index in [9.17, 15) is 9.59 Å². The lowest BCUT2D eigenvalue weighted by Crippen LogP contribution is -2.42. The largest absolute Gasteiger partial charge is 0.486 e. The van der Waals surface area contributed by atoms with Crippen LogP contribution in [0.25, 0.3) is 0 Å². The highest BCUT2D eigenvalue weighted by atomic mass is 79.9. The molecule has 2 aliphatic heterocycles. The van der Waals surface area contributed by atoms with E-state index in [1.54, 1.807) is 12.1 Å². The van der Waals surface area contributed by atoms with Crippen LogP contribution in [-0.4, -0.2) is 30.9 Å². The maximum absolute atomic E-state index is 11.9. The van der Waals surface area contributed by atoms with Gasteiger partial charge in [-0.3, -0.25) is 0 Å². The summed E-state index contributed by atoms with van der Waals surface area (Å²) in [5, 5.41) is 2.87. The first-order chi connectivity index (χ1) is 14.2. The van der Waals surface area contributed by atoms with Crippen LogP contribution < -0.4 is 20.5 Å². The molecular weight excluding hydrogens is 456 g/mol. The summed E-state index contributed by atoms with van der Waals surface area (Å²) in [6.45, 7) is 3.93. The van der Waals surface area contributed by atoms with Gasteiger partial charge in [0.2, 0.25) is 0 Å². The van der Waals surface area contributed by atoms with Crippen molar-refractivity contribution in [3.8, 4) is 11.5 Å². The van der Waals surface area contributed by atoms with Crippen LogP contribution in [0.15, 0.2) is 58.7 Å². The number of nitrogens with two attached hydrogens (primary N) is 1. The van der Waals surface area contributed by atoms with Gasteiger partial charge in [0.15, 0.2) is 17.1 Å². The van der Waals surface area contributed by atoms with Crippen LogP contribution in [0.4, 0.5) is 11.4 Å². The van der Waals surface area contributed by atoms with E-state index in [0.717, 1.165) is 5.69 Å². The van der Waals surface area contributed by atoms with Crippen molar-refractivity contribution in [3.05, 3.63) is 58.7 Å². The smallest absolute Gasteiger partial charge is 0.350 e. The summed E-state index contributed by atoms with van der Waals surface area (Å²) in [6.07, 6.45) is 1.25. The molecule has 1 fully saturated rings. The molecule has 30 heavy (non-hydrogen) atoms. The number of anilines is 2. The number of hydrogen-bond acceptors (Lipinski definition) is 8. The van der Waals surface area contributed by atoms with Gasteiger partial charge >= 0.3 is 11.9 Å². The Kier molecular flexibility index (Phi) is 6.51. The zero-order valence-corrected chi connectivity index (χ0v) is 18.0. The average molecular weight is 477 g/mol. The Hall–Kier alpha value is -3.20. The van der Waals surface area contributed by atoms with E-state index in [1.807, 2.05) is 30.3 Å². The third-order valence-electron chi connectivity index (χ3n) is 3.92. The molecule has 4 rings (SSSR count). The minimum Gasteiger partial charge on any atom is -0.486 e. The van der Waals surface area contributed by atoms with Crippen molar-refractivity contribution < 1.29 is 28.5 Å². The number of fused-ring (bicyclic) bond motifs is 1. The highest BCUT2D eigenvalue weighted by Crippen LogP contribution is 2.38. The van der Waals surface area contributed by atoms with Crippen LogP contribution in [0.2, 0.25) is 0 Å². The summed E-state index contributed by atoms with van der Waals surface area (Å²) in [5.74, 6) is -1.54. The van der Waals surface area contributed by atoms with E-state index in [-0.39, 0.29) is 5.57 Å². The summed E-state index contributed by atoms with van der Waals surface area (Å²) in [5.41, 5.74) is 6.57. The van der Waals surface area contributed by atoms with E-state index in [4.69, 9.17) is 24.7 Å². The number of nitrogens with one attached hydrogen (secondary N) is 1. The van der Waals surface area contributed by atoms with Gasteiger partial charge in [0.1, 0.15) is 13.2 Å². The fourth-order valence-electron chi connectivity index (χ4n) is 2.56. The molecule has 0 aliphatic carbocycles. The Morgan fingerprint density at radius 1 is 1.00 bits per heavy atom. The molecular formula is C21H21BrN2O6. The third kappa shape index (κ3) is 5.44. The number of para-hydroxylation sites is 1. The number of carbonyl (C=O) groups excluding carboxylic acids is 2. The molecule has 0 spiro atoms. The van der Waals surface area contributed by atoms with Crippen molar-refractivity contribution in [1.29, 1.82) is 0 Å². The third-order valence-corrected chi connectivity index (χ3v) is 4.58. The second-order valence-electron chi connectivity index (χ2n) is 6.77. The van der Waals surface area contributed by atoms with Gasteiger partial charge in [0.25, 0.3) is 5.79 Å². The Morgan fingerprint density at radius 2 is 1.57 bits per heavy atom. The number of cyclic esters (lactones) is 2. The van der Waals surface area contributed by atoms with Crippen molar-refractivity contribution in [2.75, 3.05) is 24.3 Å². The van der Waals surface area contributed by atoms with Gasteiger partial charge in [0.05, 0.1) is 5.69 Å². The zero-order chi connectivity index (χ0) is 21.7. The first-order valence-electron chi connectivity index (χ1n) is 9.08. The molecule has 0 unspecified atom stereocenters. The van der Waals surface area contributed by atoms with Crippen molar-refractivity contribution in [3.63, 3.8) is 0 Å². The molecule has 0 bridgehead atoms. The maximum atomic E-state index is 11.9. The highest BCUT2D eigenvalue weighted by Gasteiger charge is 2.39. The van der Waals surface area contributed by atoms with Crippen LogP contribution in [0.1, 0.15) is 13.8 Å². The van der Waals surface area contributed by atoms with Crippen LogP contribution >= 0.6 is 15.9 Å². The van der Waals surface area contributed by atoms with Gasteiger partial charge in [-0.2, -0.15) is 0 Å². The highest BCUT2D eigenvalue weighted by molar-refractivity contribution is 9.10. The second kappa shape index (κ2) is 9.08. The monoisotopic (exact) mass is 476 g/mol. The molecule has 1 saturated heterocycles. The molecule has 3 N–H and O–H groups in total. The van der Waals surface area contributed by atoms with E-state index >= 15 is 0 Å². The lowest BCUT2D eigenvalue weighted by molar-refractivity contribution is -0.222. The van der Waals surface area contributed by atoms with Gasteiger partial charge in [-0.05, 0) is 28.1 Å². The van der Waals surface area contributed by atoms with Gasteiger partial charge in [-0.1, -0.05) is 18.2 Å². The molecule has 8 nitrogen and oxygen atoms in total. The van der Waals surface area contributed by atoms with Gasteiger partial charge in [-0.15, -0.1) is 0 Å². The number of carbonyl (C=O) groups is 2. The lowest BCUT2D eigenvalue weighted by Gasteiger charge is -2.29. The first kappa shape index (κ1) is 21.5. The number of hydrogen-bond donors (Lipinski definition) is 2. The average Bonchev–Trinajstić information content (AvgIpc) is 2.68. The van der Waals surface area contributed by atoms with Gasteiger partial charge < -0.3 is 30.0 Å². The number of halogens is 1. The van der Waals surface area contributed by atoms with Gasteiger partial charge in [0, 0.05) is 42.3 Å². The zero-order valence-electron chi connectivity index (χ0n) is 16.4. The minimum absolute atomic E-state index is 0.217. The summed E-state index contributed by atoms with van der Waals surface area (Å²) >= 11 is 3.39. The summed E-state index contributed by atoms with van der Waals surface area (Å²) in [4.78, 5) is 23.7. The fraction of sp³-hybridized carbons (Fsp3) is 0.238. The molecule has 2 heterocycles. The number of nitrogen functional groups attached to an aromatic ring is 1. The van der Waals surface area contributed by atoms with Crippen molar-refractivity contribution in [2.24, 2.45) is 0 Å². The van der Waals surface area contributed by atoms with Crippen molar-refractivity contribution in [1.82, 2.24) is 0 Å². The van der Waals surface area contributed by atoms with Crippen LogP contribution in [0, 0.1) is 0 Å².